The molecule has 0 spiro atoms. The standard InChI is InChI=1S/C12H11ClN4O2/c1-19-12(18)7-2-3-8(4-7)17-6-16-9-10(13)14-5-15-11(9)17/h2-3,5-8H,4H2,1H3/t7-,8+/m1/s1. The quantitative estimate of drug-likeness (QED) is 0.476. The summed E-state index contributed by atoms with van der Waals surface area (Å²) in [6, 6.07) is 0.0278. The number of allylic oxidation sites excluding steroid dienone is 1. The number of imidazole rings is 1. The summed E-state index contributed by atoms with van der Waals surface area (Å²) < 4.78 is 6.64. The van der Waals surface area contributed by atoms with E-state index in [-0.39, 0.29) is 17.9 Å². The second kappa shape index (κ2) is 4.62. The molecule has 0 bridgehead atoms. The first-order valence-corrected chi connectivity index (χ1v) is 6.17. The molecule has 7 heteroatoms. The van der Waals surface area contributed by atoms with Crippen LogP contribution in [0, 0.1) is 5.92 Å². The number of ether oxygens (including phenoxy) is 1. The summed E-state index contributed by atoms with van der Waals surface area (Å²) in [5.41, 5.74) is 1.24. The number of hydrogen-bond donors (Lipinski definition) is 0. The van der Waals surface area contributed by atoms with Gasteiger partial charge in [0.1, 0.15) is 11.8 Å². The van der Waals surface area contributed by atoms with Crippen molar-refractivity contribution < 1.29 is 9.53 Å². The maximum atomic E-state index is 11.5. The number of halogens is 1. The normalized spacial score (nSPS) is 22.0. The van der Waals surface area contributed by atoms with E-state index < -0.39 is 0 Å². The van der Waals surface area contributed by atoms with Crippen molar-refractivity contribution in [3.8, 4) is 0 Å². The Kier molecular flexibility index (Phi) is 2.94. The maximum absolute atomic E-state index is 11.5. The van der Waals surface area contributed by atoms with Crippen molar-refractivity contribution in [1.29, 1.82) is 0 Å². The van der Waals surface area contributed by atoms with Gasteiger partial charge >= 0.3 is 5.97 Å². The molecule has 0 amide bonds. The smallest absolute Gasteiger partial charge is 0.312 e. The van der Waals surface area contributed by atoms with Gasteiger partial charge in [0.2, 0.25) is 0 Å². The third-order valence-corrected chi connectivity index (χ3v) is 3.51. The minimum absolute atomic E-state index is 0.0278. The summed E-state index contributed by atoms with van der Waals surface area (Å²) in [4.78, 5) is 23.8. The van der Waals surface area contributed by atoms with Crippen LogP contribution < -0.4 is 0 Å². The van der Waals surface area contributed by atoms with E-state index in [0.717, 1.165) is 0 Å². The highest BCUT2D eigenvalue weighted by molar-refractivity contribution is 6.33. The Balaban J connectivity index is 1.93. The zero-order chi connectivity index (χ0) is 13.4. The molecule has 2 atom stereocenters. The average Bonchev–Trinajstić information content (AvgIpc) is 3.04. The van der Waals surface area contributed by atoms with E-state index in [1.807, 2.05) is 16.7 Å². The minimum atomic E-state index is -0.226. The van der Waals surface area contributed by atoms with Crippen molar-refractivity contribution in [2.45, 2.75) is 12.5 Å². The molecule has 19 heavy (non-hydrogen) atoms. The lowest BCUT2D eigenvalue weighted by molar-refractivity contribution is -0.143. The van der Waals surface area contributed by atoms with Crippen LogP contribution in [-0.4, -0.2) is 32.6 Å². The lowest BCUT2D eigenvalue weighted by Gasteiger charge is -2.12. The van der Waals surface area contributed by atoms with Crippen LogP contribution in [0.15, 0.2) is 24.8 Å². The van der Waals surface area contributed by atoms with E-state index in [0.29, 0.717) is 22.7 Å². The van der Waals surface area contributed by atoms with E-state index >= 15 is 0 Å². The number of carbonyl (C=O) groups is 1. The summed E-state index contributed by atoms with van der Waals surface area (Å²) in [6.07, 6.45) is 7.52. The fraction of sp³-hybridized carbons (Fsp3) is 0.333. The fourth-order valence-corrected chi connectivity index (χ4v) is 2.46. The van der Waals surface area contributed by atoms with Gasteiger partial charge in [-0.3, -0.25) is 4.79 Å². The van der Waals surface area contributed by atoms with Crippen LogP contribution in [0.4, 0.5) is 0 Å². The number of hydrogen-bond acceptors (Lipinski definition) is 5. The Bertz CT molecular complexity index is 667. The highest BCUT2D eigenvalue weighted by Crippen LogP contribution is 2.31. The van der Waals surface area contributed by atoms with E-state index in [1.165, 1.54) is 13.4 Å². The predicted octanol–water partition coefficient (Wildman–Crippen LogP) is 1.77. The molecule has 98 valence electrons. The molecule has 1 aliphatic carbocycles. The van der Waals surface area contributed by atoms with Crippen LogP contribution in [0.3, 0.4) is 0 Å². The van der Waals surface area contributed by atoms with Crippen LogP contribution >= 0.6 is 11.6 Å². The van der Waals surface area contributed by atoms with Crippen molar-refractivity contribution in [1.82, 2.24) is 19.5 Å². The lowest BCUT2D eigenvalue weighted by Crippen LogP contribution is -2.14. The molecule has 0 aromatic carbocycles. The molecule has 2 heterocycles. The van der Waals surface area contributed by atoms with E-state index in [9.17, 15) is 4.79 Å². The molecule has 2 aromatic heterocycles. The second-order valence-corrected chi connectivity index (χ2v) is 4.66. The molecule has 0 fully saturated rings. The van der Waals surface area contributed by atoms with Gasteiger partial charge in [-0.1, -0.05) is 23.8 Å². The SMILES string of the molecule is COC(=O)[C@@H]1C=C[C@H](n2cnc3c(Cl)ncnc32)C1. The molecule has 2 aromatic rings. The summed E-state index contributed by atoms with van der Waals surface area (Å²) in [6.45, 7) is 0. The van der Waals surface area contributed by atoms with Gasteiger partial charge in [0, 0.05) is 0 Å². The Hall–Kier alpha value is -1.95. The second-order valence-electron chi connectivity index (χ2n) is 4.31. The van der Waals surface area contributed by atoms with Gasteiger partial charge in [-0.05, 0) is 6.42 Å². The number of esters is 1. The molecule has 0 radical (unpaired) electrons. The maximum Gasteiger partial charge on any atom is 0.312 e. The zero-order valence-electron chi connectivity index (χ0n) is 10.2. The van der Waals surface area contributed by atoms with Crippen LogP contribution in [0.2, 0.25) is 5.15 Å². The summed E-state index contributed by atoms with van der Waals surface area (Å²) in [5.74, 6) is -0.444. The summed E-state index contributed by atoms with van der Waals surface area (Å²) >= 11 is 5.96. The van der Waals surface area contributed by atoms with Crippen molar-refractivity contribution in [3.05, 3.63) is 30.0 Å². The first kappa shape index (κ1) is 12.1. The first-order chi connectivity index (χ1) is 9.20. The van der Waals surface area contributed by atoms with Gasteiger partial charge < -0.3 is 9.30 Å². The van der Waals surface area contributed by atoms with Gasteiger partial charge in [-0.2, -0.15) is 0 Å². The molecule has 0 aliphatic heterocycles. The lowest BCUT2D eigenvalue weighted by atomic mass is 10.1. The highest BCUT2D eigenvalue weighted by atomic mass is 35.5. The molecule has 0 N–H and O–H groups in total. The summed E-state index contributed by atoms with van der Waals surface area (Å²) in [5, 5.41) is 0.329. The Morgan fingerprint density at radius 1 is 1.42 bits per heavy atom. The third-order valence-electron chi connectivity index (χ3n) is 3.24. The van der Waals surface area contributed by atoms with Gasteiger partial charge in [0.05, 0.1) is 25.4 Å². The number of aromatic nitrogens is 4. The molecular weight excluding hydrogens is 268 g/mol. The topological polar surface area (TPSA) is 69.9 Å². The first-order valence-electron chi connectivity index (χ1n) is 5.80. The van der Waals surface area contributed by atoms with E-state index in [2.05, 4.69) is 15.0 Å². The number of fused-ring (bicyclic) bond motifs is 1. The molecule has 0 unspecified atom stereocenters. The monoisotopic (exact) mass is 278 g/mol. The highest BCUT2D eigenvalue weighted by Gasteiger charge is 2.27. The van der Waals surface area contributed by atoms with Crippen molar-refractivity contribution in [2.24, 2.45) is 5.92 Å². The molecule has 6 nitrogen and oxygen atoms in total. The molecule has 0 saturated heterocycles. The Morgan fingerprint density at radius 3 is 3.05 bits per heavy atom. The van der Waals surface area contributed by atoms with Crippen LogP contribution in [0.1, 0.15) is 12.5 Å². The van der Waals surface area contributed by atoms with Crippen molar-refractivity contribution in [3.63, 3.8) is 0 Å². The Morgan fingerprint density at radius 2 is 2.26 bits per heavy atom. The van der Waals surface area contributed by atoms with Crippen LogP contribution in [0.5, 0.6) is 0 Å². The van der Waals surface area contributed by atoms with Crippen molar-refractivity contribution >= 4 is 28.7 Å². The van der Waals surface area contributed by atoms with Gasteiger partial charge in [-0.25, -0.2) is 15.0 Å². The van der Waals surface area contributed by atoms with Gasteiger partial charge in [-0.15, -0.1) is 0 Å². The zero-order valence-corrected chi connectivity index (χ0v) is 10.9. The third kappa shape index (κ3) is 1.98. The number of methoxy groups -OCH3 is 1. The summed E-state index contributed by atoms with van der Waals surface area (Å²) in [7, 11) is 1.39. The van der Waals surface area contributed by atoms with Gasteiger partial charge in [0.25, 0.3) is 0 Å². The number of rotatable bonds is 2. The minimum Gasteiger partial charge on any atom is -0.469 e. The van der Waals surface area contributed by atoms with Crippen LogP contribution in [-0.2, 0) is 9.53 Å². The molecular formula is C12H11ClN4O2. The van der Waals surface area contributed by atoms with Crippen molar-refractivity contribution in [2.75, 3.05) is 7.11 Å². The van der Waals surface area contributed by atoms with Gasteiger partial charge in [0.15, 0.2) is 10.8 Å². The van der Waals surface area contributed by atoms with E-state index in [1.54, 1.807) is 6.33 Å². The predicted molar refractivity (Wildman–Crippen MR) is 68.6 cm³/mol. The average molecular weight is 279 g/mol. The largest absolute Gasteiger partial charge is 0.469 e. The fourth-order valence-electron chi connectivity index (χ4n) is 2.28. The molecule has 3 rings (SSSR count). The Labute approximate surface area is 114 Å². The number of nitrogens with zero attached hydrogens (tertiary/aromatic N) is 4. The van der Waals surface area contributed by atoms with Crippen LogP contribution in [0.25, 0.3) is 11.2 Å². The molecule has 1 aliphatic rings. The molecule has 0 saturated carbocycles. The number of carbonyl (C=O) groups excluding carboxylic acids is 1. The van der Waals surface area contributed by atoms with E-state index in [4.69, 9.17) is 16.3 Å².